The zero-order chi connectivity index (χ0) is 15.4. The smallest absolute Gasteiger partial charge is 0.301 e. The Kier molecular flexibility index (Phi) is 3.89. The molecular weight excluding hydrogens is 280 g/mol. The molecule has 1 heterocycles. The SMILES string of the molecule is NNC(=O)c1occc1-c1ccccc1Oc1ccccc1. The van der Waals surface area contributed by atoms with Crippen LogP contribution in [-0.2, 0) is 0 Å². The molecule has 3 rings (SSSR count). The van der Waals surface area contributed by atoms with E-state index in [1.807, 2.05) is 54.6 Å². The van der Waals surface area contributed by atoms with Crippen molar-refractivity contribution in [2.24, 2.45) is 5.84 Å². The molecule has 5 heteroatoms. The first-order valence-electron chi connectivity index (χ1n) is 6.70. The molecule has 0 aliphatic carbocycles. The lowest BCUT2D eigenvalue weighted by atomic mass is 10.0. The monoisotopic (exact) mass is 294 g/mol. The number of hydrogen-bond acceptors (Lipinski definition) is 4. The molecule has 1 amide bonds. The number of carbonyl (C=O) groups excluding carboxylic acids is 1. The van der Waals surface area contributed by atoms with Gasteiger partial charge in [0.15, 0.2) is 5.76 Å². The molecule has 0 atom stereocenters. The zero-order valence-corrected chi connectivity index (χ0v) is 11.7. The lowest BCUT2D eigenvalue weighted by molar-refractivity contribution is 0.0927. The Balaban J connectivity index is 2.02. The van der Waals surface area contributed by atoms with Crippen molar-refractivity contribution < 1.29 is 13.9 Å². The summed E-state index contributed by atoms with van der Waals surface area (Å²) >= 11 is 0. The van der Waals surface area contributed by atoms with Crippen LogP contribution in [0.4, 0.5) is 0 Å². The maximum Gasteiger partial charge on any atom is 0.301 e. The summed E-state index contributed by atoms with van der Waals surface area (Å²) in [6.45, 7) is 0. The first kappa shape index (κ1) is 13.9. The van der Waals surface area contributed by atoms with Crippen molar-refractivity contribution in [3.8, 4) is 22.6 Å². The summed E-state index contributed by atoms with van der Waals surface area (Å²) in [5, 5.41) is 0. The quantitative estimate of drug-likeness (QED) is 0.439. The van der Waals surface area contributed by atoms with Crippen LogP contribution in [0, 0.1) is 0 Å². The molecule has 0 unspecified atom stereocenters. The van der Waals surface area contributed by atoms with Gasteiger partial charge >= 0.3 is 5.91 Å². The zero-order valence-electron chi connectivity index (χ0n) is 11.7. The molecule has 110 valence electrons. The first-order valence-corrected chi connectivity index (χ1v) is 6.70. The number of hydrazine groups is 1. The van der Waals surface area contributed by atoms with E-state index >= 15 is 0 Å². The number of benzene rings is 2. The fourth-order valence-corrected chi connectivity index (χ4v) is 2.16. The normalized spacial score (nSPS) is 10.2. The summed E-state index contributed by atoms with van der Waals surface area (Å²) in [4.78, 5) is 11.8. The van der Waals surface area contributed by atoms with Crippen molar-refractivity contribution in [3.63, 3.8) is 0 Å². The standard InChI is InChI=1S/C17H14N2O3/c18-19-17(20)16-14(10-11-21-16)13-8-4-5-9-15(13)22-12-6-2-1-3-7-12/h1-11H,18H2,(H,19,20). The van der Waals surface area contributed by atoms with Gasteiger partial charge in [0.1, 0.15) is 11.5 Å². The second kappa shape index (κ2) is 6.15. The number of hydrogen-bond donors (Lipinski definition) is 2. The summed E-state index contributed by atoms with van der Waals surface area (Å²) < 4.78 is 11.1. The van der Waals surface area contributed by atoms with Gasteiger partial charge < -0.3 is 9.15 Å². The Labute approximate surface area is 127 Å². The number of para-hydroxylation sites is 2. The van der Waals surface area contributed by atoms with Crippen molar-refractivity contribution in [1.29, 1.82) is 0 Å². The number of nitrogen functional groups attached to an aromatic ring is 1. The van der Waals surface area contributed by atoms with E-state index in [1.54, 1.807) is 6.07 Å². The van der Waals surface area contributed by atoms with E-state index in [1.165, 1.54) is 6.26 Å². The highest BCUT2D eigenvalue weighted by Crippen LogP contribution is 2.35. The van der Waals surface area contributed by atoms with Crippen LogP contribution in [0.15, 0.2) is 71.3 Å². The molecule has 0 radical (unpaired) electrons. The van der Waals surface area contributed by atoms with Crippen LogP contribution in [0.2, 0.25) is 0 Å². The second-order valence-electron chi connectivity index (χ2n) is 4.55. The molecule has 22 heavy (non-hydrogen) atoms. The van der Waals surface area contributed by atoms with E-state index in [-0.39, 0.29) is 5.76 Å². The van der Waals surface area contributed by atoms with Crippen LogP contribution in [0.3, 0.4) is 0 Å². The van der Waals surface area contributed by atoms with Gasteiger partial charge in [0.2, 0.25) is 0 Å². The molecule has 0 aliphatic rings. The highest BCUT2D eigenvalue weighted by atomic mass is 16.5. The highest BCUT2D eigenvalue weighted by molar-refractivity contribution is 5.98. The topological polar surface area (TPSA) is 77.5 Å². The number of nitrogens with one attached hydrogen (secondary N) is 1. The average Bonchev–Trinajstić information content (AvgIpc) is 3.05. The van der Waals surface area contributed by atoms with Gasteiger partial charge in [-0.05, 0) is 24.3 Å². The van der Waals surface area contributed by atoms with Gasteiger partial charge in [0, 0.05) is 11.1 Å². The maximum absolute atomic E-state index is 11.8. The fraction of sp³-hybridized carbons (Fsp3) is 0. The molecule has 2 aromatic carbocycles. The van der Waals surface area contributed by atoms with Gasteiger partial charge in [-0.25, -0.2) is 5.84 Å². The Hall–Kier alpha value is -3.05. The molecule has 0 saturated heterocycles. The highest BCUT2D eigenvalue weighted by Gasteiger charge is 2.18. The van der Waals surface area contributed by atoms with E-state index in [0.29, 0.717) is 17.1 Å². The predicted octanol–water partition coefficient (Wildman–Crippen LogP) is 3.34. The molecule has 0 saturated carbocycles. The molecular formula is C17H14N2O3. The summed E-state index contributed by atoms with van der Waals surface area (Å²) in [6, 6.07) is 18.5. The molecule has 1 aromatic heterocycles. The van der Waals surface area contributed by atoms with Crippen LogP contribution in [0.5, 0.6) is 11.5 Å². The number of carbonyl (C=O) groups is 1. The van der Waals surface area contributed by atoms with Crippen LogP contribution in [0.25, 0.3) is 11.1 Å². The summed E-state index contributed by atoms with van der Waals surface area (Å²) in [5.74, 6) is 6.17. The van der Waals surface area contributed by atoms with E-state index in [0.717, 1.165) is 5.56 Å². The van der Waals surface area contributed by atoms with Gasteiger partial charge in [0.05, 0.1) is 6.26 Å². The Morgan fingerprint density at radius 1 is 0.955 bits per heavy atom. The second-order valence-corrected chi connectivity index (χ2v) is 4.55. The summed E-state index contributed by atoms with van der Waals surface area (Å²) in [5.41, 5.74) is 3.44. The molecule has 0 fully saturated rings. The van der Waals surface area contributed by atoms with Crippen molar-refractivity contribution >= 4 is 5.91 Å². The van der Waals surface area contributed by atoms with E-state index < -0.39 is 5.91 Å². The molecule has 0 spiro atoms. The third kappa shape index (κ3) is 2.70. The Morgan fingerprint density at radius 2 is 1.68 bits per heavy atom. The molecule has 5 nitrogen and oxygen atoms in total. The largest absolute Gasteiger partial charge is 0.458 e. The maximum atomic E-state index is 11.8. The van der Waals surface area contributed by atoms with Crippen LogP contribution in [-0.4, -0.2) is 5.91 Å². The fourth-order valence-electron chi connectivity index (χ4n) is 2.16. The Bertz CT molecular complexity index is 781. The minimum atomic E-state index is -0.491. The lowest BCUT2D eigenvalue weighted by Crippen LogP contribution is -2.30. The van der Waals surface area contributed by atoms with E-state index in [2.05, 4.69) is 5.43 Å². The van der Waals surface area contributed by atoms with E-state index in [4.69, 9.17) is 15.0 Å². The lowest BCUT2D eigenvalue weighted by Gasteiger charge is -2.11. The molecule has 0 aliphatic heterocycles. The summed E-state index contributed by atoms with van der Waals surface area (Å²) in [6.07, 6.45) is 1.44. The van der Waals surface area contributed by atoms with Crippen LogP contribution < -0.4 is 16.0 Å². The van der Waals surface area contributed by atoms with Gasteiger partial charge in [0.25, 0.3) is 0 Å². The molecule has 0 bridgehead atoms. The minimum Gasteiger partial charge on any atom is -0.458 e. The average molecular weight is 294 g/mol. The first-order chi connectivity index (χ1) is 10.8. The third-order valence-corrected chi connectivity index (χ3v) is 3.15. The third-order valence-electron chi connectivity index (χ3n) is 3.15. The van der Waals surface area contributed by atoms with Gasteiger partial charge in [-0.2, -0.15) is 0 Å². The number of furan rings is 1. The molecule has 3 N–H and O–H groups in total. The van der Waals surface area contributed by atoms with Gasteiger partial charge in [-0.15, -0.1) is 0 Å². The van der Waals surface area contributed by atoms with E-state index in [9.17, 15) is 4.79 Å². The Morgan fingerprint density at radius 3 is 2.45 bits per heavy atom. The number of ether oxygens (including phenoxy) is 1. The minimum absolute atomic E-state index is 0.145. The van der Waals surface area contributed by atoms with Crippen molar-refractivity contribution in [2.45, 2.75) is 0 Å². The predicted molar refractivity (Wildman–Crippen MR) is 82.3 cm³/mol. The number of amides is 1. The van der Waals surface area contributed by atoms with Crippen molar-refractivity contribution in [2.75, 3.05) is 0 Å². The summed E-state index contributed by atoms with van der Waals surface area (Å²) in [7, 11) is 0. The van der Waals surface area contributed by atoms with Crippen molar-refractivity contribution in [3.05, 3.63) is 72.7 Å². The number of rotatable bonds is 4. The number of nitrogens with two attached hydrogens (primary N) is 1. The van der Waals surface area contributed by atoms with Gasteiger partial charge in [-0.1, -0.05) is 36.4 Å². The van der Waals surface area contributed by atoms with Gasteiger partial charge in [-0.3, -0.25) is 10.2 Å². The van der Waals surface area contributed by atoms with Crippen LogP contribution in [0.1, 0.15) is 10.6 Å². The van der Waals surface area contributed by atoms with Crippen molar-refractivity contribution in [1.82, 2.24) is 5.43 Å². The molecule has 3 aromatic rings. The van der Waals surface area contributed by atoms with Crippen LogP contribution >= 0.6 is 0 Å².